The van der Waals surface area contributed by atoms with Gasteiger partial charge in [-0.3, -0.25) is 4.79 Å². The van der Waals surface area contributed by atoms with Crippen molar-refractivity contribution in [1.82, 2.24) is 4.98 Å². The van der Waals surface area contributed by atoms with Crippen molar-refractivity contribution < 1.29 is 18.7 Å². The molecule has 0 spiro atoms. The Labute approximate surface area is 136 Å². The second kappa shape index (κ2) is 6.07. The molecule has 3 rings (SSSR count). The van der Waals surface area contributed by atoms with Gasteiger partial charge in [0, 0.05) is 18.8 Å². The fourth-order valence-electron chi connectivity index (χ4n) is 3.25. The largest absolute Gasteiger partial charge is 0.477 e. The molecule has 0 fully saturated rings. The summed E-state index contributed by atoms with van der Waals surface area (Å²) in [4.78, 5) is 27.6. The van der Waals surface area contributed by atoms with Crippen molar-refractivity contribution in [3.05, 3.63) is 62.9 Å². The SMILES string of the molecule is CCC1c2ccc(F)c(F)c2CCN1c1cc(=O)c(C(=O)O)c[nH]1. The number of aromatic carboxylic acids is 1. The number of aromatic amines is 1. The molecule has 0 radical (unpaired) electrons. The predicted molar refractivity (Wildman–Crippen MR) is 84.5 cm³/mol. The first-order valence-electron chi connectivity index (χ1n) is 7.63. The Hall–Kier alpha value is -2.70. The minimum atomic E-state index is -1.30. The number of hydrogen-bond donors (Lipinski definition) is 2. The molecule has 2 N–H and O–H groups in total. The third-order valence-electron chi connectivity index (χ3n) is 4.39. The van der Waals surface area contributed by atoms with Gasteiger partial charge >= 0.3 is 5.97 Å². The molecule has 2 heterocycles. The maximum Gasteiger partial charge on any atom is 0.341 e. The van der Waals surface area contributed by atoms with E-state index in [9.17, 15) is 18.4 Å². The number of nitrogens with zero attached hydrogens (tertiary/aromatic N) is 1. The van der Waals surface area contributed by atoms with Crippen LogP contribution in [0.5, 0.6) is 0 Å². The van der Waals surface area contributed by atoms with E-state index in [1.54, 1.807) is 6.07 Å². The monoisotopic (exact) mass is 334 g/mol. The van der Waals surface area contributed by atoms with Crippen LogP contribution in [0.3, 0.4) is 0 Å². The lowest BCUT2D eigenvalue weighted by Crippen LogP contribution is -2.37. The Bertz CT molecular complexity index is 863. The van der Waals surface area contributed by atoms with Gasteiger partial charge < -0.3 is 15.0 Å². The van der Waals surface area contributed by atoms with Crippen molar-refractivity contribution in [1.29, 1.82) is 0 Å². The molecule has 1 aromatic carbocycles. The summed E-state index contributed by atoms with van der Waals surface area (Å²) in [6.07, 6.45) is 2.09. The molecule has 1 unspecified atom stereocenters. The maximum atomic E-state index is 14.0. The Morgan fingerprint density at radius 3 is 2.79 bits per heavy atom. The summed E-state index contributed by atoms with van der Waals surface area (Å²) in [6.45, 7) is 2.31. The number of carboxylic acids is 1. The van der Waals surface area contributed by atoms with Crippen LogP contribution >= 0.6 is 0 Å². The second-order valence-electron chi connectivity index (χ2n) is 5.70. The van der Waals surface area contributed by atoms with Gasteiger partial charge in [0.15, 0.2) is 17.1 Å². The highest BCUT2D eigenvalue weighted by Crippen LogP contribution is 2.36. The van der Waals surface area contributed by atoms with Crippen LogP contribution in [-0.2, 0) is 6.42 Å². The quantitative estimate of drug-likeness (QED) is 0.905. The predicted octanol–water partition coefficient (Wildman–Crippen LogP) is 2.87. The molecule has 5 nitrogen and oxygen atoms in total. The van der Waals surface area contributed by atoms with E-state index in [1.165, 1.54) is 6.07 Å². The van der Waals surface area contributed by atoms with Gasteiger partial charge in [-0.1, -0.05) is 13.0 Å². The summed E-state index contributed by atoms with van der Waals surface area (Å²) in [7, 11) is 0. The average Bonchev–Trinajstić information content (AvgIpc) is 2.56. The molecule has 1 aliphatic rings. The van der Waals surface area contributed by atoms with Gasteiger partial charge in [0.1, 0.15) is 11.4 Å². The van der Waals surface area contributed by atoms with E-state index in [1.807, 2.05) is 11.8 Å². The highest BCUT2D eigenvalue weighted by molar-refractivity contribution is 5.87. The minimum absolute atomic E-state index is 0.227. The number of halogens is 2. The van der Waals surface area contributed by atoms with Gasteiger partial charge in [0.25, 0.3) is 0 Å². The molecule has 24 heavy (non-hydrogen) atoms. The Morgan fingerprint density at radius 1 is 1.42 bits per heavy atom. The molecule has 7 heteroatoms. The average molecular weight is 334 g/mol. The standard InChI is InChI=1S/C17H16F2N2O3/c1-2-13-9-3-4-12(18)16(19)10(9)5-6-21(13)15-7-14(22)11(8-20-15)17(23)24/h3-4,7-8,13H,2,5-6H2,1H3,(H,20,22)(H,23,24). The van der Waals surface area contributed by atoms with Crippen LogP contribution in [0, 0.1) is 11.6 Å². The number of anilines is 1. The van der Waals surface area contributed by atoms with E-state index in [-0.39, 0.29) is 11.6 Å². The van der Waals surface area contributed by atoms with Gasteiger partial charge in [0.2, 0.25) is 0 Å². The Morgan fingerprint density at radius 2 is 2.17 bits per heavy atom. The molecule has 1 aromatic heterocycles. The fraction of sp³-hybridized carbons (Fsp3) is 0.294. The number of benzene rings is 1. The molecule has 0 amide bonds. The minimum Gasteiger partial charge on any atom is -0.477 e. The maximum absolute atomic E-state index is 14.0. The first kappa shape index (κ1) is 16.2. The van der Waals surface area contributed by atoms with Crippen LogP contribution in [0.4, 0.5) is 14.6 Å². The number of pyridine rings is 1. The number of carbonyl (C=O) groups is 1. The molecule has 0 aliphatic carbocycles. The Kier molecular flexibility index (Phi) is 4.09. The lowest BCUT2D eigenvalue weighted by molar-refractivity contribution is 0.0695. The number of H-pyrrole nitrogens is 1. The summed E-state index contributed by atoms with van der Waals surface area (Å²) in [5.74, 6) is -2.51. The highest BCUT2D eigenvalue weighted by Gasteiger charge is 2.30. The van der Waals surface area contributed by atoms with Crippen molar-refractivity contribution in [2.45, 2.75) is 25.8 Å². The molecule has 0 saturated carbocycles. The van der Waals surface area contributed by atoms with Crippen LogP contribution in [0.25, 0.3) is 0 Å². The summed E-state index contributed by atoms with van der Waals surface area (Å²) in [6, 6.07) is 3.68. The number of fused-ring (bicyclic) bond motifs is 1. The summed E-state index contributed by atoms with van der Waals surface area (Å²) < 4.78 is 27.5. The molecule has 1 aliphatic heterocycles. The summed E-state index contributed by atoms with van der Waals surface area (Å²) in [5.41, 5.74) is 0.118. The molecule has 1 atom stereocenters. The van der Waals surface area contributed by atoms with Crippen LogP contribution in [0.15, 0.2) is 29.2 Å². The van der Waals surface area contributed by atoms with E-state index in [2.05, 4.69) is 4.98 Å². The van der Waals surface area contributed by atoms with Gasteiger partial charge in [0.05, 0.1) is 6.04 Å². The van der Waals surface area contributed by atoms with E-state index < -0.39 is 23.0 Å². The van der Waals surface area contributed by atoms with Crippen molar-refractivity contribution in [3.63, 3.8) is 0 Å². The highest BCUT2D eigenvalue weighted by atomic mass is 19.2. The van der Waals surface area contributed by atoms with Gasteiger partial charge in [-0.25, -0.2) is 13.6 Å². The van der Waals surface area contributed by atoms with Crippen LogP contribution in [-0.4, -0.2) is 22.6 Å². The van der Waals surface area contributed by atoms with Gasteiger partial charge in [-0.2, -0.15) is 0 Å². The molecular formula is C17H16F2N2O3. The number of carboxylic acid groups (broad SMARTS) is 1. The first-order chi connectivity index (χ1) is 11.4. The molecule has 0 saturated heterocycles. The zero-order chi connectivity index (χ0) is 17.4. The summed E-state index contributed by atoms with van der Waals surface area (Å²) >= 11 is 0. The van der Waals surface area contributed by atoms with E-state index >= 15 is 0 Å². The number of nitrogens with one attached hydrogen (secondary N) is 1. The van der Waals surface area contributed by atoms with E-state index in [0.717, 1.165) is 12.3 Å². The fourth-order valence-corrected chi connectivity index (χ4v) is 3.25. The van der Waals surface area contributed by atoms with Crippen molar-refractivity contribution in [2.24, 2.45) is 0 Å². The third kappa shape index (κ3) is 2.55. The zero-order valence-electron chi connectivity index (χ0n) is 13.0. The van der Waals surface area contributed by atoms with Crippen LogP contribution in [0.1, 0.15) is 40.9 Å². The molecule has 0 bridgehead atoms. The molecular weight excluding hydrogens is 318 g/mol. The van der Waals surface area contributed by atoms with E-state index in [4.69, 9.17) is 5.11 Å². The van der Waals surface area contributed by atoms with Crippen molar-refractivity contribution in [3.8, 4) is 0 Å². The number of hydrogen-bond acceptors (Lipinski definition) is 3. The topological polar surface area (TPSA) is 73.4 Å². The van der Waals surface area contributed by atoms with Crippen molar-refractivity contribution in [2.75, 3.05) is 11.4 Å². The number of rotatable bonds is 3. The lowest BCUT2D eigenvalue weighted by atomic mass is 9.90. The van der Waals surface area contributed by atoms with Crippen molar-refractivity contribution >= 4 is 11.8 Å². The van der Waals surface area contributed by atoms with Crippen LogP contribution < -0.4 is 10.3 Å². The lowest BCUT2D eigenvalue weighted by Gasteiger charge is -2.38. The molecule has 2 aromatic rings. The normalized spacial score (nSPS) is 16.8. The third-order valence-corrected chi connectivity index (χ3v) is 4.39. The van der Waals surface area contributed by atoms with Gasteiger partial charge in [-0.15, -0.1) is 0 Å². The molecule has 126 valence electrons. The Balaban J connectivity index is 2.04. The summed E-state index contributed by atoms with van der Waals surface area (Å²) in [5, 5.41) is 8.94. The van der Waals surface area contributed by atoms with Crippen LogP contribution in [0.2, 0.25) is 0 Å². The van der Waals surface area contributed by atoms with E-state index in [0.29, 0.717) is 36.3 Å². The smallest absolute Gasteiger partial charge is 0.341 e. The number of aromatic nitrogens is 1. The first-order valence-corrected chi connectivity index (χ1v) is 7.63. The zero-order valence-corrected chi connectivity index (χ0v) is 13.0. The second-order valence-corrected chi connectivity index (χ2v) is 5.70. The van der Waals surface area contributed by atoms with Gasteiger partial charge in [-0.05, 0) is 30.0 Å².